The topological polar surface area (TPSA) is 111 Å². The van der Waals surface area contributed by atoms with Crippen LogP contribution in [0.1, 0.15) is 67.2 Å². The number of alkyl carbamates (subject to hydrolysis) is 1. The molecule has 0 bridgehead atoms. The van der Waals surface area contributed by atoms with Crippen molar-refractivity contribution >= 4 is 23.9 Å². The van der Waals surface area contributed by atoms with Gasteiger partial charge in [0.05, 0.1) is 22.6 Å². The fraction of sp³-hybridized carbons (Fsp3) is 0.545. The Morgan fingerprint density at radius 2 is 1.71 bits per heavy atom. The van der Waals surface area contributed by atoms with Crippen LogP contribution < -0.4 is 5.32 Å². The molecule has 1 aliphatic carbocycles. The number of hydrogen-bond acceptors (Lipinski definition) is 7. The SMILES string of the molecule is CC(C)(C)OC(=O)NC1CCOC2(C1)CC(C(=O)ON1C(=O)c3ccccc3C1=O)C2. The Bertz CT molecular complexity index is 895. The highest BCUT2D eigenvalue weighted by Crippen LogP contribution is 2.47. The minimum absolute atomic E-state index is 0.114. The van der Waals surface area contributed by atoms with Gasteiger partial charge in [-0.25, -0.2) is 9.59 Å². The first kappa shape index (κ1) is 21.3. The summed E-state index contributed by atoms with van der Waals surface area (Å²) in [5.74, 6) is -2.40. The summed E-state index contributed by atoms with van der Waals surface area (Å²) < 4.78 is 11.2. The van der Waals surface area contributed by atoms with Crippen LogP contribution in [0.4, 0.5) is 4.79 Å². The second kappa shape index (κ2) is 7.64. The van der Waals surface area contributed by atoms with Gasteiger partial charge in [-0.15, -0.1) is 0 Å². The Balaban J connectivity index is 1.30. The quantitative estimate of drug-likeness (QED) is 0.734. The Morgan fingerprint density at radius 1 is 1.10 bits per heavy atom. The van der Waals surface area contributed by atoms with Crippen LogP contribution in [0.2, 0.25) is 0 Å². The maximum Gasteiger partial charge on any atom is 0.407 e. The molecule has 2 fully saturated rings. The van der Waals surface area contributed by atoms with Crippen molar-refractivity contribution in [1.82, 2.24) is 10.4 Å². The number of ether oxygens (including phenoxy) is 2. The molecule has 1 spiro atoms. The smallest absolute Gasteiger partial charge is 0.407 e. The zero-order valence-electron chi connectivity index (χ0n) is 17.8. The van der Waals surface area contributed by atoms with Gasteiger partial charge in [-0.05, 0) is 58.6 Å². The molecule has 1 unspecified atom stereocenters. The molecule has 4 rings (SSSR count). The van der Waals surface area contributed by atoms with E-state index in [0.29, 0.717) is 37.4 Å². The number of carbonyl (C=O) groups is 4. The normalized spacial score (nSPS) is 27.5. The summed E-state index contributed by atoms with van der Waals surface area (Å²) in [6.07, 6.45) is 1.55. The number of fused-ring (bicyclic) bond motifs is 1. The van der Waals surface area contributed by atoms with Crippen molar-refractivity contribution in [3.8, 4) is 0 Å². The van der Waals surface area contributed by atoms with E-state index in [1.807, 2.05) is 0 Å². The second-order valence-corrected chi connectivity index (χ2v) is 9.33. The van der Waals surface area contributed by atoms with Gasteiger partial charge in [0.15, 0.2) is 0 Å². The van der Waals surface area contributed by atoms with Crippen molar-refractivity contribution in [1.29, 1.82) is 0 Å². The van der Waals surface area contributed by atoms with E-state index in [9.17, 15) is 19.2 Å². The van der Waals surface area contributed by atoms with E-state index in [2.05, 4.69) is 5.32 Å². The van der Waals surface area contributed by atoms with Gasteiger partial charge >= 0.3 is 12.1 Å². The third kappa shape index (κ3) is 4.27. The predicted molar refractivity (Wildman–Crippen MR) is 107 cm³/mol. The zero-order valence-corrected chi connectivity index (χ0v) is 17.8. The van der Waals surface area contributed by atoms with E-state index in [4.69, 9.17) is 14.3 Å². The fourth-order valence-corrected chi connectivity index (χ4v) is 4.33. The summed E-state index contributed by atoms with van der Waals surface area (Å²) in [5, 5.41) is 3.40. The summed E-state index contributed by atoms with van der Waals surface area (Å²) in [6.45, 7) is 5.86. The molecule has 31 heavy (non-hydrogen) atoms. The summed E-state index contributed by atoms with van der Waals surface area (Å²) in [4.78, 5) is 54.5. The molecule has 3 aliphatic rings. The Hall–Kier alpha value is -2.94. The summed E-state index contributed by atoms with van der Waals surface area (Å²) in [5.41, 5.74) is -0.666. The lowest BCUT2D eigenvalue weighted by molar-refractivity contribution is -0.201. The lowest BCUT2D eigenvalue weighted by Crippen LogP contribution is -2.57. The Morgan fingerprint density at radius 3 is 2.29 bits per heavy atom. The maximum atomic E-state index is 12.6. The van der Waals surface area contributed by atoms with Crippen LogP contribution in [0.25, 0.3) is 0 Å². The van der Waals surface area contributed by atoms with Gasteiger partial charge in [-0.3, -0.25) is 9.59 Å². The number of amides is 3. The molecular weight excluding hydrogens is 404 g/mol. The van der Waals surface area contributed by atoms with E-state index in [0.717, 1.165) is 0 Å². The average Bonchev–Trinajstić information content (AvgIpc) is 2.90. The van der Waals surface area contributed by atoms with Gasteiger partial charge in [-0.2, -0.15) is 0 Å². The Labute approximate surface area is 180 Å². The largest absolute Gasteiger partial charge is 0.444 e. The fourth-order valence-electron chi connectivity index (χ4n) is 4.33. The molecular formula is C22H26N2O7. The number of rotatable bonds is 3. The van der Waals surface area contributed by atoms with E-state index in [1.54, 1.807) is 32.9 Å². The molecule has 1 saturated heterocycles. The van der Waals surface area contributed by atoms with E-state index < -0.39 is 41.0 Å². The number of hydroxylamine groups is 2. The molecule has 1 aromatic rings. The van der Waals surface area contributed by atoms with Crippen LogP contribution in [0.5, 0.6) is 0 Å². The minimum atomic E-state index is -0.640. The van der Waals surface area contributed by atoms with Crippen molar-refractivity contribution in [2.24, 2.45) is 5.92 Å². The van der Waals surface area contributed by atoms with E-state index >= 15 is 0 Å². The van der Waals surface area contributed by atoms with Crippen molar-refractivity contribution in [3.63, 3.8) is 0 Å². The van der Waals surface area contributed by atoms with Gasteiger partial charge < -0.3 is 19.6 Å². The molecule has 9 nitrogen and oxygen atoms in total. The molecule has 0 radical (unpaired) electrons. The summed E-state index contributed by atoms with van der Waals surface area (Å²) in [7, 11) is 0. The lowest BCUT2D eigenvalue weighted by Gasteiger charge is -2.50. The van der Waals surface area contributed by atoms with Crippen molar-refractivity contribution in [2.45, 2.75) is 63.7 Å². The molecule has 2 heterocycles. The number of hydrogen-bond donors (Lipinski definition) is 1. The Kier molecular flexibility index (Phi) is 5.25. The van der Waals surface area contributed by atoms with Gasteiger partial charge in [0.2, 0.25) is 0 Å². The van der Waals surface area contributed by atoms with E-state index in [1.165, 1.54) is 12.1 Å². The first-order valence-electron chi connectivity index (χ1n) is 10.4. The molecule has 1 saturated carbocycles. The number of benzene rings is 1. The number of nitrogens with one attached hydrogen (secondary N) is 1. The number of nitrogens with zero attached hydrogens (tertiary/aromatic N) is 1. The standard InChI is InChI=1S/C22H26N2O7/c1-21(2,3)30-20(28)23-14-8-9-29-22(12-14)10-13(11-22)19(27)31-24-17(25)15-6-4-5-7-16(15)18(24)26/h4-7,13-14H,8-12H2,1-3H3,(H,23,28). The van der Waals surface area contributed by atoms with Gasteiger partial charge in [-0.1, -0.05) is 17.2 Å². The lowest BCUT2D eigenvalue weighted by atomic mass is 9.66. The van der Waals surface area contributed by atoms with Crippen molar-refractivity contribution in [3.05, 3.63) is 35.4 Å². The van der Waals surface area contributed by atoms with E-state index in [-0.39, 0.29) is 17.2 Å². The second-order valence-electron chi connectivity index (χ2n) is 9.33. The highest BCUT2D eigenvalue weighted by molar-refractivity contribution is 6.20. The van der Waals surface area contributed by atoms with Crippen LogP contribution in [0.15, 0.2) is 24.3 Å². The van der Waals surface area contributed by atoms with Crippen LogP contribution >= 0.6 is 0 Å². The molecule has 1 atom stereocenters. The molecule has 2 aliphatic heterocycles. The van der Waals surface area contributed by atoms with Gasteiger partial charge in [0.1, 0.15) is 5.60 Å². The molecule has 1 N–H and O–H groups in total. The summed E-state index contributed by atoms with van der Waals surface area (Å²) >= 11 is 0. The highest BCUT2D eigenvalue weighted by atomic mass is 16.7. The number of imide groups is 1. The third-order valence-corrected chi connectivity index (χ3v) is 5.72. The predicted octanol–water partition coefficient (Wildman–Crippen LogP) is 2.59. The number of carbonyl (C=O) groups excluding carboxylic acids is 4. The first-order chi connectivity index (χ1) is 14.6. The molecule has 0 aromatic heterocycles. The van der Waals surface area contributed by atoms with Crippen LogP contribution in [0, 0.1) is 5.92 Å². The summed E-state index contributed by atoms with van der Waals surface area (Å²) in [6, 6.07) is 6.22. The van der Waals surface area contributed by atoms with Gasteiger partial charge in [0.25, 0.3) is 11.8 Å². The van der Waals surface area contributed by atoms with Crippen LogP contribution in [-0.2, 0) is 19.1 Å². The third-order valence-electron chi connectivity index (χ3n) is 5.72. The monoisotopic (exact) mass is 430 g/mol. The molecule has 1 aromatic carbocycles. The highest BCUT2D eigenvalue weighted by Gasteiger charge is 2.53. The molecule has 9 heteroatoms. The maximum absolute atomic E-state index is 12.6. The van der Waals surface area contributed by atoms with Crippen molar-refractivity contribution in [2.75, 3.05) is 6.61 Å². The molecule has 3 amide bonds. The van der Waals surface area contributed by atoms with Crippen molar-refractivity contribution < 1.29 is 33.5 Å². The van der Waals surface area contributed by atoms with Crippen LogP contribution in [0.3, 0.4) is 0 Å². The van der Waals surface area contributed by atoms with Crippen LogP contribution in [-0.4, -0.2) is 52.8 Å². The minimum Gasteiger partial charge on any atom is -0.444 e. The zero-order chi connectivity index (χ0) is 22.4. The molecule has 166 valence electrons. The first-order valence-corrected chi connectivity index (χ1v) is 10.4. The van der Waals surface area contributed by atoms with Gasteiger partial charge in [0, 0.05) is 12.6 Å². The average molecular weight is 430 g/mol.